The Hall–Kier alpha value is -1.72. The highest BCUT2D eigenvalue weighted by atomic mass is 16.3. The summed E-state index contributed by atoms with van der Waals surface area (Å²) in [6.45, 7) is 6.74. The third kappa shape index (κ3) is 4.15. The van der Waals surface area contributed by atoms with Gasteiger partial charge in [-0.3, -0.25) is 0 Å². The van der Waals surface area contributed by atoms with Crippen LogP contribution in [0.5, 0.6) is 0 Å². The van der Waals surface area contributed by atoms with Crippen LogP contribution < -0.4 is 5.32 Å². The van der Waals surface area contributed by atoms with Crippen LogP contribution in [0.2, 0.25) is 0 Å². The van der Waals surface area contributed by atoms with E-state index in [4.69, 9.17) is 5.11 Å². The number of nitrogens with zero attached hydrogens (tertiary/aromatic N) is 3. The van der Waals surface area contributed by atoms with Crippen LogP contribution in [0.3, 0.4) is 0 Å². The van der Waals surface area contributed by atoms with Gasteiger partial charge in [0, 0.05) is 13.1 Å². The zero-order valence-electron chi connectivity index (χ0n) is 12.1. The highest BCUT2D eigenvalue weighted by Gasteiger charge is 2.05. The van der Waals surface area contributed by atoms with E-state index < -0.39 is 0 Å². The second-order valence-electron chi connectivity index (χ2n) is 5.33. The molecule has 1 aromatic heterocycles. The highest BCUT2D eigenvalue weighted by Crippen LogP contribution is 2.06. The summed E-state index contributed by atoms with van der Waals surface area (Å²) in [7, 11) is 0. The van der Waals surface area contributed by atoms with Crippen molar-refractivity contribution in [3.63, 3.8) is 0 Å². The number of aliphatic hydroxyl groups is 1. The fraction of sp³-hybridized carbons (Fsp3) is 0.467. The molecule has 108 valence electrons. The minimum absolute atomic E-state index is 0.0799. The van der Waals surface area contributed by atoms with E-state index in [2.05, 4.69) is 29.2 Å². The van der Waals surface area contributed by atoms with Gasteiger partial charge in [-0.1, -0.05) is 38.1 Å². The largest absolute Gasteiger partial charge is 0.392 e. The Kier molecular flexibility index (Phi) is 5.26. The highest BCUT2D eigenvalue weighted by molar-refractivity contribution is 5.22. The van der Waals surface area contributed by atoms with Crippen LogP contribution >= 0.6 is 0 Å². The van der Waals surface area contributed by atoms with Gasteiger partial charge in [0.15, 0.2) is 0 Å². The predicted molar refractivity (Wildman–Crippen MR) is 77.8 cm³/mol. The second kappa shape index (κ2) is 7.17. The summed E-state index contributed by atoms with van der Waals surface area (Å²) in [6, 6.07) is 7.93. The first-order valence-corrected chi connectivity index (χ1v) is 6.95. The molecule has 0 aliphatic carbocycles. The first-order chi connectivity index (χ1) is 9.69. The van der Waals surface area contributed by atoms with Crippen molar-refractivity contribution in [1.82, 2.24) is 20.1 Å². The molecule has 0 aliphatic rings. The molecule has 0 spiro atoms. The first-order valence-electron chi connectivity index (χ1n) is 6.95. The Labute approximate surface area is 119 Å². The smallest absolute Gasteiger partial charge is 0.140 e. The van der Waals surface area contributed by atoms with Crippen molar-refractivity contribution in [3.05, 3.63) is 47.5 Å². The normalized spacial score (nSPS) is 11.2. The van der Waals surface area contributed by atoms with Crippen molar-refractivity contribution in [3.8, 4) is 0 Å². The number of aromatic nitrogens is 3. The molecule has 0 atom stereocenters. The van der Waals surface area contributed by atoms with Gasteiger partial charge in [-0.05, 0) is 17.0 Å². The van der Waals surface area contributed by atoms with Crippen LogP contribution in [-0.2, 0) is 26.2 Å². The molecule has 0 bridgehead atoms. The fourth-order valence-corrected chi connectivity index (χ4v) is 2.08. The quantitative estimate of drug-likeness (QED) is 0.807. The van der Waals surface area contributed by atoms with Crippen LogP contribution in [0.25, 0.3) is 0 Å². The van der Waals surface area contributed by atoms with Gasteiger partial charge in [-0.2, -0.15) is 5.10 Å². The van der Waals surface area contributed by atoms with Crippen molar-refractivity contribution in [2.24, 2.45) is 5.92 Å². The average molecular weight is 274 g/mol. The van der Waals surface area contributed by atoms with Crippen LogP contribution in [-0.4, -0.2) is 19.9 Å². The van der Waals surface area contributed by atoms with Crippen LogP contribution in [0.1, 0.15) is 30.8 Å². The predicted octanol–water partition coefficient (Wildman–Crippen LogP) is 1.72. The standard InChI is InChI=1S/C15H22N4O/c1-12(2)9-19-15(17-11-18-19)8-16-7-13-4-3-5-14(6-13)10-20/h3-6,11-12,16,20H,7-10H2,1-2H3. The van der Waals surface area contributed by atoms with Gasteiger partial charge in [0.1, 0.15) is 12.2 Å². The molecule has 2 aromatic rings. The lowest BCUT2D eigenvalue weighted by atomic mass is 10.1. The van der Waals surface area contributed by atoms with E-state index in [-0.39, 0.29) is 6.61 Å². The molecule has 5 heteroatoms. The Morgan fingerprint density at radius 2 is 2.05 bits per heavy atom. The molecule has 0 fully saturated rings. The molecule has 2 N–H and O–H groups in total. The molecule has 1 aromatic carbocycles. The number of hydrogen-bond acceptors (Lipinski definition) is 4. The molecule has 2 rings (SSSR count). The van der Waals surface area contributed by atoms with Crippen molar-refractivity contribution in [2.45, 2.75) is 40.1 Å². The zero-order valence-corrected chi connectivity index (χ0v) is 12.1. The van der Waals surface area contributed by atoms with Gasteiger partial charge in [-0.25, -0.2) is 9.67 Å². The third-order valence-electron chi connectivity index (χ3n) is 3.02. The summed E-state index contributed by atoms with van der Waals surface area (Å²) < 4.78 is 1.95. The SMILES string of the molecule is CC(C)Cn1ncnc1CNCc1cccc(CO)c1. The van der Waals surface area contributed by atoms with E-state index in [1.807, 2.05) is 28.9 Å². The average Bonchev–Trinajstić information content (AvgIpc) is 2.86. The van der Waals surface area contributed by atoms with Gasteiger partial charge >= 0.3 is 0 Å². The zero-order chi connectivity index (χ0) is 14.4. The molecule has 0 aliphatic heterocycles. The summed E-state index contributed by atoms with van der Waals surface area (Å²) in [6.07, 6.45) is 1.60. The van der Waals surface area contributed by atoms with E-state index in [0.29, 0.717) is 12.5 Å². The molecule has 0 radical (unpaired) electrons. The summed E-state index contributed by atoms with van der Waals surface area (Å²) in [5.74, 6) is 1.51. The number of aliphatic hydroxyl groups excluding tert-OH is 1. The van der Waals surface area contributed by atoms with Gasteiger partial charge in [0.2, 0.25) is 0 Å². The van der Waals surface area contributed by atoms with Gasteiger partial charge in [0.25, 0.3) is 0 Å². The van der Waals surface area contributed by atoms with Crippen LogP contribution in [0, 0.1) is 5.92 Å². The lowest BCUT2D eigenvalue weighted by molar-refractivity contribution is 0.281. The molecule has 0 amide bonds. The minimum atomic E-state index is 0.0799. The Bertz CT molecular complexity index is 536. The minimum Gasteiger partial charge on any atom is -0.392 e. The Morgan fingerprint density at radius 3 is 2.80 bits per heavy atom. The van der Waals surface area contributed by atoms with E-state index in [1.165, 1.54) is 0 Å². The van der Waals surface area contributed by atoms with Gasteiger partial charge in [0.05, 0.1) is 13.2 Å². The number of rotatable bonds is 7. The van der Waals surface area contributed by atoms with Crippen molar-refractivity contribution in [2.75, 3.05) is 0 Å². The molecular formula is C15H22N4O. The number of nitrogens with one attached hydrogen (secondary N) is 1. The fourth-order valence-electron chi connectivity index (χ4n) is 2.08. The lowest BCUT2D eigenvalue weighted by Gasteiger charge is -2.09. The third-order valence-corrected chi connectivity index (χ3v) is 3.02. The van der Waals surface area contributed by atoms with Crippen molar-refractivity contribution in [1.29, 1.82) is 0 Å². The summed E-state index contributed by atoms with van der Waals surface area (Å²) in [5, 5.41) is 16.7. The van der Waals surface area contributed by atoms with E-state index >= 15 is 0 Å². The topological polar surface area (TPSA) is 63.0 Å². The molecule has 5 nitrogen and oxygen atoms in total. The van der Waals surface area contributed by atoms with Crippen LogP contribution in [0.4, 0.5) is 0 Å². The summed E-state index contributed by atoms with van der Waals surface area (Å²) >= 11 is 0. The Morgan fingerprint density at radius 1 is 1.25 bits per heavy atom. The van der Waals surface area contributed by atoms with Gasteiger partial charge in [-0.15, -0.1) is 0 Å². The molecule has 0 saturated carbocycles. The summed E-state index contributed by atoms with van der Waals surface area (Å²) in [5.41, 5.74) is 2.10. The maximum atomic E-state index is 9.12. The molecule has 0 saturated heterocycles. The van der Waals surface area contributed by atoms with Crippen LogP contribution in [0.15, 0.2) is 30.6 Å². The molecular weight excluding hydrogens is 252 g/mol. The van der Waals surface area contributed by atoms with E-state index in [9.17, 15) is 0 Å². The maximum Gasteiger partial charge on any atom is 0.140 e. The van der Waals surface area contributed by atoms with Crippen molar-refractivity contribution < 1.29 is 5.11 Å². The first kappa shape index (κ1) is 14.7. The molecule has 1 heterocycles. The van der Waals surface area contributed by atoms with Crippen molar-refractivity contribution >= 4 is 0 Å². The number of benzene rings is 1. The molecule has 0 unspecified atom stereocenters. The van der Waals surface area contributed by atoms with Gasteiger partial charge < -0.3 is 10.4 Å². The van der Waals surface area contributed by atoms with E-state index in [0.717, 1.165) is 30.0 Å². The Balaban J connectivity index is 1.88. The second-order valence-corrected chi connectivity index (χ2v) is 5.33. The van der Waals surface area contributed by atoms with E-state index in [1.54, 1.807) is 6.33 Å². The number of hydrogen-bond donors (Lipinski definition) is 2. The summed E-state index contributed by atoms with van der Waals surface area (Å²) in [4.78, 5) is 4.28. The lowest BCUT2D eigenvalue weighted by Crippen LogP contribution is -2.18. The maximum absolute atomic E-state index is 9.12. The monoisotopic (exact) mass is 274 g/mol. The molecule has 20 heavy (non-hydrogen) atoms.